The Morgan fingerprint density at radius 3 is 2.89 bits per heavy atom. The Balaban J connectivity index is 1.54. The number of pyridine rings is 1. The van der Waals surface area contributed by atoms with E-state index in [-0.39, 0.29) is 17.3 Å². The maximum absolute atomic E-state index is 12.7. The molecular formula is C21H21N3O3. The van der Waals surface area contributed by atoms with Gasteiger partial charge < -0.3 is 9.09 Å². The van der Waals surface area contributed by atoms with Gasteiger partial charge in [0.25, 0.3) is 0 Å². The van der Waals surface area contributed by atoms with Gasteiger partial charge in [-0.1, -0.05) is 24.2 Å². The van der Waals surface area contributed by atoms with Gasteiger partial charge in [0.05, 0.1) is 0 Å². The molecule has 0 spiro atoms. The molecule has 1 atom stereocenters. The smallest absolute Gasteiger partial charge is 0.250 e. The zero-order valence-electron chi connectivity index (χ0n) is 15.4. The van der Waals surface area contributed by atoms with E-state index in [0.29, 0.717) is 30.1 Å². The molecule has 6 nitrogen and oxygen atoms in total. The van der Waals surface area contributed by atoms with Crippen LogP contribution in [0.3, 0.4) is 0 Å². The van der Waals surface area contributed by atoms with Crippen molar-refractivity contribution in [3.63, 3.8) is 0 Å². The van der Waals surface area contributed by atoms with Crippen LogP contribution >= 0.6 is 0 Å². The van der Waals surface area contributed by atoms with Gasteiger partial charge in [-0.05, 0) is 42.0 Å². The quantitative estimate of drug-likeness (QED) is 0.650. The number of aryl methyl sites for hydroxylation is 3. The first kappa shape index (κ1) is 17.4. The van der Waals surface area contributed by atoms with Crippen LogP contribution in [0, 0.1) is 0 Å². The molecular weight excluding hydrogens is 342 g/mol. The van der Waals surface area contributed by atoms with Gasteiger partial charge >= 0.3 is 0 Å². The number of fused-ring (bicyclic) bond motifs is 1. The second-order valence-electron chi connectivity index (χ2n) is 7.01. The van der Waals surface area contributed by atoms with E-state index in [1.807, 2.05) is 13.0 Å². The monoisotopic (exact) mass is 363 g/mol. The Bertz CT molecular complexity index is 1060. The molecule has 0 radical (unpaired) electrons. The average Bonchev–Trinajstić information content (AvgIpc) is 3.30. The molecule has 1 aliphatic rings. The topological polar surface area (TPSA) is 78.0 Å². The minimum Gasteiger partial charge on any atom is -0.339 e. The lowest BCUT2D eigenvalue weighted by Crippen LogP contribution is -2.17. The highest BCUT2D eigenvalue weighted by atomic mass is 16.5. The van der Waals surface area contributed by atoms with Crippen LogP contribution in [0.15, 0.2) is 45.8 Å². The summed E-state index contributed by atoms with van der Waals surface area (Å²) < 4.78 is 6.64. The third-order valence-corrected chi connectivity index (χ3v) is 5.21. The highest BCUT2D eigenvalue weighted by Gasteiger charge is 2.26. The zero-order chi connectivity index (χ0) is 19.0. The number of benzene rings is 1. The molecule has 0 bridgehead atoms. The lowest BCUT2D eigenvalue weighted by atomic mass is 9.93. The van der Waals surface area contributed by atoms with Crippen LogP contribution in [0.4, 0.5) is 0 Å². The number of nitrogens with zero attached hydrogens (tertiary/aromatic N) is 3. The molecule has 138 valence electrons. The molecule has 1 aromatic carbocycles. The van der Waals surface area contributed by atoms with E-state index in [4.69, 9.17) is 4.52 Å². The maximum atomic E-state index is 12.7. The maximum Gasteiger partial charge on any atom is 0.250 e. The van der Waals surface area contributed by atoms with Gasteiger partial charge in [0.15, 0.2) is 5.78 Å². The molecule has 2 aromatic heterocycles. The van der Waals surface area contributed by atoms with Crippen molar-refractivity contribution in [1.29, 1.82) is 0 Å². The van der Waals surface area contributed by atoms with Gasteiger partial charge in [-0.25, -0.2) is 0 Å². The average molecular weight is 363 g/mol. The molecule has 27 heavy (non-hydrogen) atoms. The highest BCUT2D eigenvalue weighted by Crippen LogP contribution is 2.38. The van der Waals surface area contributed by atoms with Crippen molar-refractivity contribution in [2.24, 2.45) is 7.05 Å². The Kier molecular flexibility index (Phi) is 4.48. The zero-order valence-corrected chi connectivity index (χ0v) is 15.4. The molecule has 0 saturated carbocycles. The molecule has 3 aromatic rings. The highest BCUT2D eigenvalue weighted by molar-refractivity contribution is 5.96. The van der Waals surface area contributed by atoms with Crippen molar-refractivity contribution in [2.45, 2.75) is 38.5 Å². The third-order valence-electron chi connectivity index (χ3n) is 5.21. The van der Waals surface area contributed by atoms with E-state index >= 15 is 0 Å². The van der Waals surface area contributed by atoms with Crippen molar-refractivity contribution in [3.8, 4) is 11.4 Å². The molecule has 0 aliphatic heterocycles. The summed E-state index contributed by atoms with van der Waals surface area (Å²) in [6, 6.07) is 9.25. The number of hydrogen-bond acceptors (Lipinski definition) is 5. The summed E-state index contributed by atoms with van der Waals surface area (Å²) in [7, 11) is 1.66. The van der Waals surface area contributed by atoms with Crippen LogP contribution in [-0.4, -0.2) is 20.5 Å². The van der Waals surface area contributed by atoms with Crippen molar-refractivity contribution < 1.29 is 9.32 Å². The normalized spacial score (nSPS) is 15.7. The first-order valence-electron chi connectivity index (χ1n) is 9.21. The lowest BCUT2D eigenvalue weighted by molar-refractivity contribution is 0.0973. The Hall–Kier alpha value is -3.02. The number of aromatic nitrogens is 3. The number of carbonyl (C=O) groups is 1. The fraction of sp³-hybridized carbons (Fsp3) is 0.333. The number of carbonyl (C=O) groups excluding carboxylic acids is 1. The van der Waals surface area contributed by atoms with Crippen LogP contribution in [-0.2, 0) is 19.9 Å². The minimum atomic E-state index is -0.113. The molecule has 1 aliphatic carbocycles. The number of Topliss-reactive ketones (excluding diaryl/α,β-unsaturated/α-hetero) is 1. The van der Waals surface area contributed by atoms with Crippen LogP contribution in [0.5, 0.6) is 0 Å². The predicted octanol–water partition coefficient (Wildman–Crippen LogP) is 3.30. The fourth-order valence-electron chi connectivity index (χ4n) is 3.67. The summed E-state index contributed by atoms with van der Waals surface area (Å²) in [4.78, 5) is 28.5. The van der Waals surface area contributed by atoms with Crippen LogP contribution in [0.25, 0.3) is 11.4 Å². The summed E-state index contributed by atoms with van der Waals surface area (Å²) in [5.41, 5.74) is 3.88. The Morgan fingerprint density at radius 2 is 2.15 bits per heavy atom. The van der Waals surface area contributed by atoms with E-state index in [0.717, 1.165) is 18.4 Å². The lowest BCUT2D eigenvalue weighted by Gasteiger charge is -2.11. The van der Waals surface area contributed by atoms with Crippen molar-refractivity contribution in [1.82, 2.24) is 14.7 Å². The summed E-state index contributed by atoms with van der Waals surface area (Å²) in [6.07, 6.45) is 4.67. The summed E-state index contributed by atoms with van der Waals surface area (Å²) in [6.45, 7) is 1.98. The van der Waals surface area contributed by atoms with Crippen LogP contribution in [0.2, 0.25) is 0 Å². The van der Waals surface area contributed by atoms with Gasteiger partial charge in [0, 0.05) is 43.3 Å². The number of rotatable bonds is 5. The van der Waals surface area contributed by atoms with Gasteiger partial charge in [0.2, 0.25) is 17.3 Å². The SMILES string of the molecule is CCc1nc(-c2ccc3c(c2)CC[C@H]3CC(=O)c2ccc(=O)n(C)c2)no1. The Labute approximate surface area is 156 Å². The molecule has 0 amide bonds. The standard InChI is InChI=1S/C21H21N3O3/c1-3-19-22-21(23-27-19)15-6-8-17-13(10-15)4-5-14(17)11-18(25)16-7-9-20(26)24(2)12-16/h6-10,12,14H,3-5,11H2,1-2H3/t14-/m0/s1. The van der Waals surface area contributed by atoms with E-state index in [9.17, 15) is 9.59 Å². The second kappa shape index (κ2) is 6.95. The fourth-order valence-corrected chi connectivity index (χ4v) is 3.67. The third kappa shape index (κ3) is 3.35. The number of ketones is 1. The molecule has 4 rings (SSSR count). The summed E-state index contributed by atoms with van der Waals surface area (Å²) in [5.74, 6) is 1.51. The van der Waals surface area contributed by atoms with E-state index < -0.39 is 0 Å². The van der Waals surface area contributed by atoms with Crippen LogP contribution < -0.4 is 5.56 Å². The van der Waals surface area contributed by atoms with Gasteiger partial charge in [0.1, 0.15) is 0 Å². The van der Waals surface area contributed by atoms with Crippen LogP contribution in [0.1, 0.15) is 53.1 Å². The first-order chi connectivity index (χ1) is 13.0. The van der Waals surface area contributed by atoms with E-state index in [1.165, 1.54) is 21.8 Å². The predicted molar refractivity (Wildman–Crippen MR) is 101 cm³/mol. The van der Waals surface area contributed by atoms with Gasteiger partial charge in [-0.2, -0.15) is 4.98 Å². The summed E-state index contributed by atoms with van der Waals surface area (Å²) in [5, 5.41) is 4.04. The van der Waals surface area contributed by atoms with Gasteiger partial charge in [-0.15, -0.1) is 0 Å². The summed E-state index contributed by atoms with van der Waals surface area (Å²) >= 11 is 0. The molecule has 0 N–H and O–H groups in total. The largest absolute Gasteiger partial charge is 0.339 e. The number of hydrogen-bond donors (Lipinski definition) is 0. The molecule has 0 unspecified atom stereocenters. The second-order valence-corrected chi connectivity index (χ2v) is 7.01. The van der Waals surface area contributed by atoms with E-state index in [1.54, 1.807) is 19.3 Å². The molecule has 6 heteroatoms. The minimum absolute atomic E-state index is 0.0679. The van der Waals surface area contributed by atoms with Crippen molar-refractivity contribution in [3.05, 3.63) is 69.5 Å². The van der Waals surface area contributed by atoms with E-state index in [2.05, 4.69) is 22.3 Å². The Morgan fingerprint density at radius 1 is 1.30 bits per heavy atom. The first-order valence-corrected chi connectivity index (χ1v) is 9.21. The van der Waals surface area contributed by atoms with Crippen molar-refractivity contribution in [2.75, 3.05) is 0 Å². The van der Waals surface area contributed by atoms with Gasteiger partial charge in [-0.3, -0.25) is 9.59 Å². The molecule has 2 heterocycles. The van der Waals surface area contributed by atoms with Crippen molar-refractivity contribution >= 4 is 5.78 Å². The molecule has 0 saturated heterocycles. The molecule has 0 fully saturated rings.